The van der Waals surface area contributed by atoms with Crippen LogP contribution < -0.4 is 10.6 Å². The van der Waals surface area contributed by atoms with E-state index in [4.69, 9.17) is 16.6 Å². The molecule has 0 unspecified atom stereocenters. The molecule has 0 bridgehead atoms. The molecular formula is C26H32ClN7O2. The molecule has 4 heterocycles. The molecule has 2 aromatic heterocycles. The van der Waals surface area contributed by atoms with Gasteiger partial charge in [0.2, 0.25) is 11.9 Å². The van der Waals surface area contributed by atoms with Gasteiger partial charge in [-0.25, -0.2) is 14.8 Å². The Morgan fingerprint density at radius 2 is 1.81 bits per heavy atom. The van der Waals surface area contributed by atoms with Crippen molar-refractivity contribution in [3.05, 3.63) is 41.7 Å². The van der Waals surface area contributed by atoms with Gasteiger partial charge in [-0.3, -0.25) is 4.79 Å². The molecule has 0 radical (unpaired) electrons. The quantitative estimate of drug-likeness (QED) is 0.479. The molecule has 3 aromatic rings. The first-order chi connectivity index (χ1) is 17.5. The average molecular weight is 510 g/mol. The Kier molecular flexibility index (Phi) is 7.27. The van der Waals surface area contributed by atoms with E-state index >= 15 is 0 Å². The number of benzene rings is 1. The predicted octanol–water partition coefficient (Wildman–Crippen LogP) is 4.12. The van der Waals surface area contributed by atoms with Crippen LogP contribution in [0.2, 0.25) is 5.02 Å². The Balaban J connectivity index is 1.16. The van der Waals surface area contributed by atoms with Crippen molar-refractivity contribution >= 4 is 40.4 Å². The van der Waals surface area contributed by atoms with Crippen molar-refractivity contribution in [2.24, 2.45) is 5.92 Å². The van der Waals surface area contributed by atoms with E-state index in [-0.39, 0.29) is 23.9 Å². The van der Waals surface area contributed by atoms with E-state index in [1.165, 1.54) is 0 Å². The number of aromatic nitrogens is 3. The number of carbonyl (C=O) groups excluding carboxylic acids is 2. The first kappa shape index (κ1) is 24.4. The van der Waals surface area contributed by atoms with Crippen LogP contribution in [0.5, 0.6) is 0 Å². The van der Waals surface area contributed by atoms with Crippen molar-refractivity contribution in [2.75, 3.05) is 38.0 Å². The van der Waals surface area contributed by atoms with E-state index in [9.17, 15) is 9.59 Å². The zero-order valence-corrected chi connectivity index (χ0v) is 21.2. The first-order valence-corrected chi connectivity index (χ1v) is 13.1. The van der Waals surface area contributed by atoms with Gasteiger partial charge >= 0.3 is 6.03 Å². The number of rotatable bonds is 5. The standard InChI is InChI=1S/C26H32ClN7O2/c1-2-28-26(36)34-11-7-17(8-12-34)24(35)33-13-9-18(10-14-33)31-25-30-16-21(27)23(32-25)20-15-29-22-6-4-3-5-19(20)22/h3-6,15-18,29H,2,7-14H2,1H3,(H,28,36)(H,30,31,32). The lowest BCUT2D eigenvalue weighted by atomic mass is 9.94. The van der Waals surface area contributed by atoms with Crippen LogP contribution in [0, 0.1) is 5.92 Å². The van der Waals surface area contributed by atoms with Gasteiger partial charge in [-0.1, -0.05) is 29.8 Å². The second-order valence-electron chi connectivity index (χ2n) is 9.48. The molecule has 9 nitrogen and oxygen atoms in total. The highest BCUT2D eigenvalue weighted by molar-refractivity contribution is 6.33. The minimum atomic E-state index is -0.0347. The van der Waals surface area contributed by atoms with Gasteiger partial charge in [0.15, 0.2) is 0 Å². The van der Waals surface area contributed by atoms with E-state index in [1.54, 1.807) is 11.1 Å². The molecule has 3 N–H and O–H groups in total. The fourth-order valence-corrected chi connectivity index (χ4v) is 5.36. The lowest BCUT2D eigenvalue weighted by molar-refractivity contribution is -0.137. The molecule has 2 fully saturated rings. The molecule has 0 spiro atoms. The summed E-state index contributed by atoms with van der Waals surface area (Å²) in [6, 6.07) is 8.20. The van der Waals surface area contributed by atoms with Crippen molar-refractivity contribution in [1.29, 1.82) is 0 Å². The van der Waals surface area contributed by atoms with Crippen LogP contribution in [0.15, 0.2) is 36.7 Å². The zero-order chi connectivity index (χ0) is 25.1. The molecule has 1 aromatic carbocycles. The molecule has 2 saturated heterocycles. The third-order valence-electron chi connectivity index (χ3n) is 7.19. The molecule has 0 atom stereocenters. The summed E-state index contributed by atoms with van der Waals surface area (Å²) in [5, 5.41) is 7.85. The topological polar surface area (TPSA) is 106 Å². The SMILES string of the molecule is CCNC(=O)N1CCC(C(=O)N2CCC(Nc3ncc(Cl)c(-c4c[nH]c5ccccc45)n3)CC2)CC1. The molecule has 0 aliphatic carbocycles. The van der Waals surface area contributed by atoms with Gasteiger partial charge in [-0.15, -0.1) is 0 Å². The summed E-state index contributed by atoms with van der Waals surface area (Å²) in [5.41, 5.74) is 2.67. The summed E-state index contributed by atoms with van der Waals surface area (Å²) in [6.45, 7) is 5.20. The van der Waals surface area contributed by atoms with Crippen molar-refractivity contribution in [1.82, 2.24) is 30.1 Å². The highest BCUT2D eigenvalue weighted by Crippen LogP contribution is 2.32. The Hall–Kier alpha value is -3.33. The molecule has 2 aliphatic heterocycles. The van der Waals surface area contributed by atoms with E-state index in [0.717, 1.165) is 42.1 Å². The lowest BCUT2D eigenvalue weighted by Gasteiger charge is -2.37. The van der Waals surface area contributed by atoms with Crippen molar-refractivity contribution in [3.63, 3.8) is 0 Å². The second kappa shape index (κ2) is 10.7. The number of aromatic amines is 1. The van der Waals surface area contributed by atoms with Crippen molar-refractivity contribution < 1.29 is 9.59 Å². The summed E-state index contributed by atoms with van der Waals surface area (Å²) < 4.78 is 0. The maximum atomic E-state index is 13.1. The maximum Gasteiger partial charge on any atom is 0.317 e. The number of hydrogen-bond donors (Lipinski definition) is 3. The van der Waals surface area contributed by atoms with Crippen LogP contribution >= 0.6 is 11.6 Å². The summed E-state index contributed by atoms with van der Waals surface area (Å²) in [5.74, 6) is 0.758. The number of carbonyl (C=O) groups is 2. The summed E-state index contributed by atoms with van der Waals surface area (Å²) >= 11 is 6.46. The number of fused-ring (bicyclic) bond motifs is 1. The van der Waals surface area contributed by atoms with Gasteiger partial charge in [0.05, 0.1) is 16.9 Å². The van der Waals surface area contributed by atoms with E-state index in [2.05, 4.69) is 20.6 Å². The van der Waals surface area contributed by atoms with Crippen LogP contribution in [0.4, 0.5) is 10.7 Å². The Labute approximate surface area is 215 Å². The van der Waals surface area contributed by atoms with E-state index in [0.29, 0.717) is 49.4 Å². The number of urea groups is 1. The smallest absolute Gasteiger partial charge is 0.317 e. The van der Waals surface area contributed by atoms with Crippen molar-refractivity contribution in [2.45, 2.75) is 38.6 Å². The molecule has 36 heavy (non-hydrogen) atoms. The lowest BCUT2D eigenvalue weighted by Crippen LogP contribution is -2.49. The van der Waals surface area contributed by atoms with E-state index in [1.807, 2.05) is 42.3 Å². The molecular weight excluding hydrogens is 478 g/mol. The van der Waals surface area contributed by atoms with Crippen LogP contribution in [0.1, 0.15) is 32.6 Å². The van der Waals surface area contributed by atoms with Crippen LogP contribution in [0.3, 0.4) is 0 Å². The number of nitrogens with one attached hydrogen (secondary N) is 3. The Bertz CT molecular complexity index is 1230. The number of piperidine rings is 2. The van der Waals surface area contributed by atoms with Crippen LogP contribution in [-0.4, -0.2) is 75.5 Å². The normalized spacial score (nSPS) is 17.4. The number of anilines is 1. The third-order valence-corrected chi connectivity index (χ3v) is 7.46. The first-order valence-electron chi connectivity index (χ1n) is 12.7. The molecule has 190 valence electrons. The van der Waals surface area contributed by atoms with Crippen LogP contribution in [-0.2, 0) is 4.79 Å². The highest BCUT2D eigenvalue weighted by Gasteiger charge is 2.32. The molecule has 10 heteroatoms. The third kappa shape index (κ3) is 5.11. The van der Waals surface area contributed by atoms with Gasteiger partial charge < -0.3 is 25.4 Å². The largest absolute Gasteiger partial charge is 0.360 e. The molecule has 5 rings (SSSR count). The minimum absolute atomic E-state index is 0.00137. The number of amides is 3. The molecule has 2 aliphatic rings. The highest BCUT2D eigenvalue weighted by atomic mass is 35.5. The maximum absolute atomic E-state index is 13.1. The van der Waals surface area contributed by atoms with Gasteiger partial charge in [-0.2, -0.15) is 0 Å². The minimum Gasteiger partial charge on any atom is -0.360 e. The fraction of sp³-hybridized carbons (Fsp3) is 0.462. The number of hydrogen-bond acceptors (Lipinski definition) is 5. The summed E-state index contributed by atoms with van der Waals surface area (Å²) in [6.07, 6.45) is 6.68. The zero-order valence-electron chi connectivity index (χ0n) is 20.5. The van der Waals surface area contributed by atoms with Gasteiger partial charge in [-0.05, 0) is 38.7 Å². The van der Waals surface area contributed by atoms with Crippen LogP contribution in [0.25, 0.3) is 22.2 Å². The number of halogens is 1. The average Bonchev–Trinajstić information content (AvgIpc) is 3.34. The Morgan fingerprint density at radius 3 is 2.56 bits per heavy atom. The number of nitrogens with zero attached hydrogens (tertiary/aromatic N) is 4. The summed E-state index contributed by atoms with van der Waals surface area (Å²) in [7, 11) is 0. The molecule has 0 saturated carbocycles. The monoisotopic (exact) mass is 509 g/mol. The predicted molar refractivity (Wildman–Crippen MR) is 141 cm³/mol. The van der Waals surface area contributed by atoms with Gasteiger partial charge in [0.1, 0.15) is 0 Å². The van der Waals surface area contributed by atoms with Crippen molar-refractivity contribution in [3.8, 4) is 11.3 Å². The Morgan fingerprint density at radius 1 is 1.08 bits per heavy atom. The number of likely N-dealkylation sites (tertiary alicyclic amines) is 2. The number of para-hydroxylation sites is 1. The molecule has 3 amide bonds. The second-order valence-corrected chi connectivity index (χ2v) is 9.89. The van der Waals surface area contributed by atoms with E-state index < -0.39 is 0 Å². The fourth-order valence-electron chi connectivity index (χ4n) is 5.17. The number of H-pyrrole nitrogens is 1. The van der Waals surface area contributed by atoms with Gasteiger partial charge in [0.25, 0.3) is 0 Å². The van der Waals surface area contributed by atoms with Gasteiger partial charge in [0, 0.05) is 67.3 Å². The summed E-state index contributed by atoms with van der Waals surface area (Å²) in [4.78, 5) is 41.3.